The number of rotatable bonds is 12. The number of carbonyl (C=O) groups is 4. The van der Waals surface area contributed by atoms with Gasteiger partial charge in [0.05, 0.1) is 43.1 Å². The van der Waals surface area contributed by atoms with Crippen molar-refractivity contribution in [2.24, 2.45) is 17.8 Å². The summed E-state index contributed by atoms with van der Waals surface area (Å²) < 4.78 is 29.1. The summed E-state index contributed by atoms with van der Waals surface area (Å²) in [6, 6.07) is 0.264. The number of H-pyrrole nitrogens is 1. The first-order valence-electron chi connectivity index (χ1n) is 22.6. The third-order valence-corrected chi connectivity index (χ3v) is 14.9. The van der Waals surface area contributed by atoms with Gasteiger partial charge in [-0.05, 0) is 84.0 Å². The van der Waals surface area contributed by atoms with E-state index in [0.717, 1.165) is 44.1 Å². The average molecular weight is 853 g/mol. The van der Waals surface area contributed by atoms with Crippen molar-refractivity contribution in [1.82, 2.24) is 41.8 Å². The molecular weight excluding hydrogens is 787 g/mol. The Hall–Kier alpha value is -3.99. The zero-order valence-electron chi connectivity index (χ0n) is 36.1. The van der Waals surface area contributed by atoms with Crippen molar-refractivity contribution < 1.29 is 33.1 Å². The molecule has 4 fully saturated rings. The topological polar surface area (TPSA) is 197 Å². The molecule has 0 spiro atoms. The Bertz CT molecular complexity index is 1930. The first-order chi connectivity index (χ1) is 29.2. The number of hydrogen-bond donors (Lipinski definition) is 8. The van der Waals surface area contributed by atoms with E-state index in [0.29, 0.717) is 42.6 Å². The first kappa shape index (κ1) is 45.0. The third-order valence-electron chi connectivity index (χ3n) is 14.9. The molecule has 8 N–H and O–H groups in total. The predicted molar refractivity (Wildman–Crippen MR) is 227 cm³/mol. The van der Waals surface area contributed by atoms with Gasteiger partial charge in [-0.2, -0.15) is 0 Å². The van der Waals surface area contributed by atoms with E-state index < -0.39 is 54.4 Å². The molecule has 0 aromatic carbocycles. The van der Waals surface area contributed by atoms with Gasteiger partial charge in [-0.3, -0.25) is 24.0 Å². The number of nitrogens with zero attached hydrogens (tertiary/aromatic N) is 1. The molecule has 1 aromatic rings. The molecule has 1 saturated carbocycles. The van der Waals surface area contributed by atoms with Crippen LogP contribution in [0.25, 0.3) is 0 Å². The van der Waals surface area contributed by atoms with Gasteiger partial charge < -0.3 is 46.9 Å². The normalized spacial score (nSPS) is 33.5. The van der Waals surface area contributed by atoms with Crippen LogP contribution in [0.15, 0.2) is 45.4 Å². The van der Waals surface area contributed by atoms with Crippen LogP contribution >= 0.6 is 0 Å². The number of pyridine rings is 1. The Morgan fingerprint density at radius 3 is 2.36 bits per heavy atom. The number of hydrogen-bond acceptors (Lipinski definition) is 9. The van der Waals surface area contributed by atoms with E-state index in [9.17, 15) is 28.7 Å². The van der Waals surface area contributed by atoms with E-state index in [-0.39, 0.29) is 91.2 Å². The van der Waals surface area contributed by atoms with Gasteiger partial charge in [-0.25, -0.2) is 8.78 Å². The van der Waals surface area contributed by atoms with E-state index in [1.807, 2.05) is 11.8 Å². The largest absolute Gasteiger partial charge is 0.394 e. The highest BCUT2D eigenvalue weighted by atomic mass is 19.1. The minimum absolute atomic E-state index is 0.0285. The standard InChI is InChI=1S/C45H66F2N8O6/c1-24-31(19-37(57)52-25(2)30-12-9-15-50-42(30)59)44(61)55(36-13-16-48-26(3)39(24)36)22-33-32(20-38(58)53-35(23-56)41-34(47)18-29(46)21-51-41)43(60)54-45(14-17-49-27(4)40(33)45)28-10-7-5-6-8-11-28/h9,12,15,25-29,34-36,39-41,48-49,51,56H,5-8,10-11,13-14,16-23H2,1-4H3,(H,50,59)(H,52,57)(H,53,58)(H,54,60)/t25-,26?,27?,29?,34?,35-,36?,39?,40?,41?,45?/m0/s1. The van der Waals surface area contributed by atoms with Crippen LogP contribution in [0.1, 0.15) is 110 Å². The Kier molecular flexibility index (Phi) is 14.2. The molecule has 6 heterocycles. The average Bonchev–Trinajstić information content (AvgIpc) is 3.52. The summed E-state index contributed by atoms with van der Waals surface area (Å²) in [6.45, 7) is 8.57. The summed E-state index contributed by atoms with van der Waals surface area (Å²) in [5.74, 6) is -1.87. The van der Waals surface area contributed by atoms with Gasteiger partial charge >= 0.3 is 0 Å². The summed E-state index contributed by atoms with van der Waals surface area (Å²) in [4.78, 5) is 74.8. The van der Waals surface area contributed by atoms with Crippen molar-refractivity contribution >= 4 is 23.6 Å². The minimum Gasteiger partial charge on any atom is -0.394 e. The molecule has 1 aliphatic carbocycles. The van der Waals surface area contributed by atoms with Crippen LogP contribution in [-0.2, 0) is 19.2 Å². The second-order valence-corrected chi connectivity index (χ2v) is 18.6. The second kappa shape index (κ2) is 19.2. The van der Waals surface area contributed by atoms with Gasteiger partial charge in [0, 0.05) is 72.4 Å². The van der Waals surface area contributed by atoms with Gasteiger partial charge in [-0.1, -0.05) is 37.3 Å². The number of nitrogens with one attached hydrogen (secondary N) is 7. The van der Waals surface area contributed by atoms with Crippen molar-refractivity contribution in [3.8, 4) is 0 Å². The maximum absolute atomic E-state index is 15.1. The lowest BCUT2D eigenvalue weighted by Crippen LogP contribution is -2.70. The summed E-state index contributed by atoms with van der Waals surface area (Å²) in [6.07, 6.45) is 5.18. The monoisotopic (exact) mass is 853 g/mol. The number of aliphatic hydroxyl groups is 1. The first-order valence-corrected chi connectivity index (χ1v) is 22.6. The molecule has 4 amide bonds. The highest BCUT2D eigenvalue weighted by Gasteiger charge is 2.56. The fourth-order valence-electron chi connectivity index (χ4n) is 12.0. The van der Waals surface area contributed by atoms with E-state index in [1.54, 1.807) is 19.1 Å². The van der Waals surface area contributed by atoms with Gasteiger partial charge in [0.1, 0.15) is 12.3 Å². The van der Waals surface area contributed by atoms with Crippen molar-refractivity contribution in [2.75, 3.05) is 32.8 Å². The van der Waals surface area contributed by atoms with E-state index >= 15 is 9.18 Å². The molecule has 1 aromatic heterocycles. The Morgan fingerprint density at radius 2 is 1.66 bits per heavy atom. The molecule has 0 radical (unpaired) electrons. The van der Waals surface area contributed by atoms with Crippen LogP contribution in [0.5, 0.6) is 0 Å². The molecule has 61 heavy (non-hydrogen) atoms. The lowest BCUT2D eigenvalue weighted by molar-refractivity contribution is -0.134. The van der Waals surface area contributed by atoms with Crippen LogP contribution < -0.4 is 37.5 Å². The lowest BCUT2D eigenvalue weighted by Gasteiger charge is -2.57. The molecule has 0 bridgehead atoms. The molecule has 3 saturated heterocycles. The number of aliphatic hydroxyl groups excluding tert-OH is 1. The SMILES string of the molecule is CC1=C(CC(=O)N[C@@H](C)c2ccc[nH]c2=O)C(=O)N(CC2=C(CC(=O)N[C@@H](CO)C3NCC(F)CC3F)C(=O)NC3(C4CCCCCC4)CCNC(C)C23)C2CCNC(C)C12. The van der Waals surface area contributed by atoms with Crippen molar-refractivity contribution in [3.63, 3.8) is 0 Å². The lowest BCUT2D eigenvalue weighted by atomic mass is 9.59. The minimum atomic E-state index is -1.63. The smallest absolute Gasteiger partial charge is 0.253 e. The highest BCUT2D eigenvalue weighted by Crippen LogP contribution is 2.49. The van der Waals surface area contributed by atoms with Crippen LogP contribution in [0, 0.1) is 17.8 Å². The summed E-state index contributed by atoms with van der Waals surface area (Å²) in [5, 5.41) is 29.5. The molecule has 16 heteroatoms. The third kappa shape index (κ3) is 9.24. The number of aromatic amines is 1. The maximum atomic E-state index is 15.1. The summed E-state index contributed by atoms with van der Waals surface area (Å²) in [5.41, 5.74) is 1.62. The zero-order chi connectivity index (χ0) is 43.6. The van der Waals surface area contributed by atoms with Crippen LogP contribution in [-0.4, -0.2) is 119 Å². The fraction of sp³-hybridized carbons (Fsp3) is 0.711. The molecule has 6 aliphatic rings. The van der Waals surface area contributed by atoms with E-state index in [4.69, 9.17) is 0 Å². The quantitative estimate of drug-likeness (QED) is 0.146. The number of carbonyl (C=O) groups excluding carboxylic acids is 4. The summed E-state index contributed by atoms with van der Waals surface area (Å²) >= 11 is 0. The predicted octanol–water partition coefficient (Wildman–Crippen LogP) is 2.51. The van der Waals surface area contributed by atoms with Gasteiger partial charge in [0.2, 0.25) is 17.7 Å². The number of halogens is 2. The van der Waals surface area contributed by atoms with Crippen LogP contribution in [0.2, 0.25) is 0 Å². The molecule has 11 atom stereocenters. The van der Waals surface area contributed by atoms with E-state index in [2.05, 4.69) is 50.7 Å². The number of amides is 4. The van der Waals surface area contributed by atoms with Gasteiger partial charge in [0.25, 0.3) is 11.5 Å². The molecule has 14 nitrogen and oxygen atoms in total. The van der Waals surface area contributed by atoms with Crippen molar-refractivity contribution in [1.29, 1.82) is 0 Å². The molecule has 9 unspecified atom stereocenters. The van der Waals surface area contributed by atoms with E-state index in [1.165, 1.54) is 6.20 Å². The zero-order valence-corrected chi connectivity index (χ0v) is 36.1. The molecule has 336 valence electrons. The molecular formula is C45H66F2N8O6. The van der Waals surface area contributed by atoms with Crippen LogP contribution in [0.3, 0.4) is 0 Å². The van der Waals surface area contributed by atoms with Gasteiger partial charge in [-0.15, -0.1) is 0 Å². The number of aromatic nitrogens is 1. The Balaban J connectivity index is 1.26. The number of alkyl halides is 2. The molecule has 7 rings (SSSR count). The number of piperidine rings is 3. The molecule has 5 aliphatic heterocycles. The fourth-order valence-corrected chi connectivity index (χ4v) is 12.0. The maximum Gasteiger partial charge on any atom is 0.253 e. The second-order valence-electron chi connectivity index (χ2n) is 18.6. The number of fused-ring (bicyclic) bond motifs is 2. The van der Waals surface area contributed by atoms with Gasteiger partial charge in [0.15, 0.2) is 0 Å². The van der Waals surface area contributed by atoms with Crippen molar-refractivity contribution in [3.05, 3.63) is 56.5 Å². The summed E-state index contributed by atoms with van der Waals surface area (Å²) in [7, 11) is 0. The highest BCUT2D eigenvalue weighted by molar-refractivity contribution is 6.03. The van der Waals surface area contributed by atoms with Crippen molar-refractivity contribution in [2.45, 2.75) is 152 Å². The Morgan fingerprint density at radius 1 is 0.951 bits per heavy atom. The Labute approximate surface area is 357 Å². The van der Waals surface area contributed by atoms with Crippen LogP contribution in [0.4, 0.5) is 8.78 Å².